The van der Waals surface area contributed by atoms with E-state index in [1.54, 1.807) is 0 Å². The molecule has 0 saturated heterocycles. The summed E-state index contributed by atoms with van der Waals surface area (Å²) in [5.74, 6) is 0.627. The van der Waals surface area contributed by atoms with Crippen molar-refractivity contribution >= 4 is 5.97 Å². The Hall–Kier alpha value is -0.910. The van der Waals surface area contributed by atoms with Gasteiger partial charge in [0, 0.05) is 23.8 Å². The van der Waals surface area contributed by atoms with Gasteiger partial charge < -0.3 is 20.1 Å². The summed E-state index contributed by atoms with van der Waals surface area (Å²) in [6.45, 7) is 4.77. The first-order valence-electron chi connectivity index (χ1n) is 11.1. The lowest BCUT2D eigenvalue weighted by Gasteiger charge is -2.63. The second-order valence-corrected chi connectivity index (χ2v) is 10.9. The normalized spacial score (nSPS) is 55.8. The zero-order valence-corrected chi connectivity index (χ0v) is 17.1. The van der Waals surface area contributed by atoms with Gasteiger partial charge in [0.25, 0.3) is 0 Å². The van der Waals surface area contributed by atoms with Crippen LogP contribution < -0.4 is 0 Å². The maximum atomic E-state index is 12.1. The van der Waals surface area contributed by atoms with Crippen molar-refractivity contribution < 1.29 is 24.9 Å². The Morgan fingerprint density at radius 1 is 1.07 bits per heavy atom. The Labute approximate surface area is 167 Å². The summed E-state index contributed by atoms with van der Waals surface area (Å²) in [5, 5.41) is 33.3. The van der Waals surface area contributed by atoms with E-state index in [9.17, 15) is 20.1 Å². The third kappa shape index (κ3) is 2.33. The minimum Gasteiger partial charge on any atom is -0.458 e. The molecule has 3 N–H and O–H groups in total. The highest BCUT2D eigenvalue weighted by Gasteiger charge is 2.70. The molecule has 4 saturated carbocycles. The number of carbonyl (C=O) groups is 1. The average molecular weight is 391 g/mol. The second kappa shape index (κ2) is 6.05. The number of esters is 1. The van der Waals surface area contributed by atoms with Crippen molar-refractivity contribution in [3.05, 3.63) is 11.6 Å². The molecule has 0 amide bonds. The molecule has 5 rings (SSSR count). The zero-order valence-electron chi connectivity index (χ0n) is 17.1. The summed E-state index contributed by atoms with van der Waals surface area (Å²) in [4.78, 5) is 11.7. The number of aliphatic hydroxyl groups is 3. The van der Waals surface area contributed by atoms with Crippen molar-refractivity contribution in [1.82, 2.24) is 0 Å². The fraction of sp³-hybridized carbons (Fsp3) is 0.870. The molecule has 9 atom stereocenters. The summed E-state index contributed by atoms with van der Waals surface area (Å²) in [6.07, 6.45) is 7.87. The monoisotopic (exact) mass is 390 g/mol. The van der Waals surface area contributed by atoms with E-state index in [0.29, 0.717) is 18.3 Å². The second-order valence-electron chi connectivity index (χ2n) is 10.9. The highest BCUT2D eigenvalue weighted by atomic mass is 16.5. The van der Waals surface area contributed by atoms with Gasteiger partial charge in [-0.3, -0.25) is 0 Å². The lowest BCUT2D eigenvalue weighted by Crippen LogP contribution is -2.62. The van der Waals surface area contributed by atoms with E-state index < -0.39 is 17.1 Å². The lowest BCUT2D eigenvalue weighted by molar-refractivity contribution is -0.208. The quantitative estimate of drug-likeness (QED) is 0.599. The SMILES string of the molecule is C[C@@]12CC[C@@H](O)C[C@H]1CC[C@H]1[C@H]2CC[C@@]2(C)[C@H](C3=CC(=O)OC3)[C@@H](O)C[C@]12O. The van der Waals surface area contributed by atoms with Gasteiger partial charge in [-0.25, -0.2) is 4.79 Å². The molecular weight excluding hydrogens is 356 g/mol. The van der Waals surface area contributed by atoms with Crippen molar-refractivity contribution in [2.24, 2.45) is 34.5 Å². The first-order valence-corrected chi connectivity index (χ1v) is 11.1. The minimum absolute atomic E-state index is 0.170. The number of hydrogen-bond donors (Lipinski definition) is 3. The van der Waals surface area contributed by atoms with Gasteiger partial charge in [-0.2, -0.15) is 0 Å². The predicted octanol–water partition coefficient (Wildman–Crippen LogP) is 2.58. The first kappa shape index (κ1) is 19.1. The number of rotatable bonds is 1. The molecule has 0 bridgehead atoms. The number of ether oxygens (including phenoxy) is 1. The number of carbonyl (C=O) groups excluding carboxylic acids is 1. The molecule has 5 heteroatoms. The fourth-order valence-electron chi connectivity index (χ4n) is 8.47. The van der Waals surface area contributed by atoms with Crippen LogP contribution in [0.2, 0.25) is 0 Å². The Morgan fingerprint density at radius 2 is 1.86 bits per heavy atom. The molecular formula is C23H34O5. The van der Waals surface area contributed by atoms with Crippen LogP contribution in [0.1, 0.15) is 65.2 Å². The number of fused-ring (bicyclic) bond motifs is 5. The summed E-state index contributed by atoms with van der Waals surface area (Å²) in [6, 6.07) is 0. The Balaban J connectivity index is 1.50. The molecule has 1 aliphatic heterocycles. The van der Waals surface area contributed by atoms with Crippen molar-refractivity contribution in [3.63, 3.8) is 0 Å². The van der Waals surface area contributed by atoms with Crippen molar-refractivity contribution in [2.45, 2.75) is 83.0 Å². The molecule has 0 aromatic rings. The van der Waals surface area contributed by atoms with Crippen LogP contribution >= 0.6 is 0 Å². The Bertz CT molecular complexity index is 718. The summed E-state index contributed by atoms with van der Waals surface area (Å²) >= 11 is 0. The Morgan fingerprint density at radius 3 is 2.57 bits per heavy atom. The third-order valence-electron chi connectivity index (χ3n) is 9.92. The highest BCUT2D eigenvalue weighted by molar-refractivity contribution is 5.85. The predicted molar refractivity (Wildman–Crippen MR) is 103 cm³/mol. The minimum atomic E-state index is -0.906. The van der Waals surface area contributed by atoms with Gasteiger partial charge in [-0.1, -0.05) is 13.8 Å². The zero-order chi connectivity index (χ0) is 19.9. The molecule has 5 aliphatic rings. The van der Waals surface area contributed by atoms with Crippen molar-refractivity contribution in [1.29, 1.82) is 0 Å². The maximum absolute atomic E-state index is 12.1. The molecule has 4 aliphatic carbocycles. The highest BCUT2D eigenvalue weighted by Crippen LogP contribution is 2.69. The van der Waals surface area contributed by atoms with Gasteiger partial charge in [-0.15, -0.1) is 0 Å². The van der Waals surface area contributed by atoms with Crippen LogP contribution in [0.3, 0.4) is 0 Å². The number of cyclic esters (lactones) is 1. The molecule has 0 aromatic carbocycles. The van der Waals surface area contributed by atoms with Crippen LogP contribution in [0.5, 0.6) is 0 Å². The van der Waals surface area contributed by atoms with Crippen molar-refractivity contribution in [2.75, 3.05) is 6.61 Å². The van der Waals surface area contributed by atoms with E-state index in [1.807, 2.05) is 0 Å². The molecule has 4 fully saturated rings. The van der Waals surface area contributed by atoms with Crippen LogP contribution in [0.4, 0.5) is 0 Å². The van der Waals surface area contributed by atoms with E-state index >= 15 is 0 Å². The summed E-state index contributed by atoms with van der Waals surface area (Å²) in [7, 11) is 0. The maximum Gasteiger partial charge on any atom is 0.331 e. The van der Waals surface area contributed by atoms with E-state index in [2.05, 4.69) is 13.8 Å². The molecule has 0 unspecified atom stereocenters. The van der Waals surface area contributed by atoms with Crippen LogP contribution in [0.15, 0.2) is 11.6 Å². The van der Waals surface area contributed by atoms with E-state index in [0.717, 1.165) is 50.5 Å². The Kier molecular flexibility index (Phi) is 4.12. The fourth-order valence-corrected chi connectivity index (χ4v) is 8.47. The van der Waals surface area contributed by atoms with Gasteiger partial charge >= 0.3 is 5.97 Å². The van der Waals surface area contributed by atoms with Crippen molar-refractivity contribution in [3.8, 4) is 0 Å². The average Bonchev–Trinajstić information content (AvgIpc) is 3.13. The molecule has 0 spiro atoms. The molecule has 0 radical (unpaired) electrons. The van der Waals surface area contributed by atoms with Crippen LogP contribution in [-0.4, -0.2) is 45.7 Å². The number of aliphatic hydroxyl groups excluding tert-OH is 2. The summed E-state index contributed by atoms with van der Waals surface area (Å²) < 4.78 is 5.14. The number of hydrogen-bond acceptors (Lipinski definition) is 5. The van der Waals surface area contributed by atoms with Gasteiger partial charge in [0.15, 0.2) is 0 Å². The van der Waals surface area contributed by atoms with E-state index in [4.69, 9.17) is 4.74 Å². The van der Waals surface area contributed by atoms with Gasteiger partial charge in [-0.05, 0) is 73.7 Å². The van der Waals surface area contributed by atoms with Gasteiger partial charge in [0.05, 0.1) is 17.8 Å². The van der Waals surface area contributed by atoms with E-state index in [1.165, 1.54) is 6.08 Å². The molecule has 28 heavy (non-hydrogen) atoms. The van der Waals surface area contributed by atoms with E-state index in [-0.39, 0.29) is 35.9 Å². The van der Waals surface area contributed by atoms with Gasteiger partial charge in [0.2, 0.25) is 0 Å². The standard InChI is InChI=1S/C23H34O5/c1-21-7-5-15(24)10-14(21)3-4-17-16(21)6-8-22(2)20(13-9-19(26)28-12-13)18(25)11-23(17,22)27/h9,14-18,20,24-25,27H,3-8,10-12H2,1-2H3/t14-,15-,16-,17+,18+,20-,21-,22+,23+/m1/s1. The smallest absolute Gasteiger partial charge is 0.331 e. The van der Waals surface area contributed by atoms with Crippen LogP contribution in [0.25, 0.3) is 0 Å². The molecule has 5 nitrogen and oxygen atoms in total. The lowest BCUT2D eigenvalue weighted by atomic mass is 9.43. The molecule has 156 valence electrons. The first-order chi connectivity index (χ1) is 13.2. The van der Waals surface area contributed by atoms with Gasteiger partial charge in [0.1, 0.15) is 6.61 Å². The molecule has 1 heterocycles. The molecule has 0 aromatic heterocycles. The summed E-state index contributed by atoms with van der Waals surface area (Å²) in [5.41, 5.74) is -0.301. The topological polar surface area (TPSA) is 87.0 Å². The van der Waals surface area contributed by atoms with Crippen LogP contribution in [-0.2, 0) is 9.53 Å². The largest absolute Gasteiger partial charge is 0.458 e. The van der Waals surface area contributed by atoms with Crippen LogP contribution in [0, 0.1) is 34.5 Å². The third-order valence-corrected chi connectivity index (χ3v) is 9.92.